The zero-order valence-corrected chi connectivity index (χ0v) is 13.8. The van der Waals surface area contributed by atoms with Gasteiger partial charge in [0.05, 0.1) is 17.2 Å². The molecule has 0 bridgehead atoms. The molecule has 0 saturated carbocycles. The van der Waals surface area contributed by atoms with Gasteiger partial charge in [-0.3, -0.25) is 0 Å². The lowest BCUT2D eigenvalue weighted by Gasteiger charge is -2.12. The second-order valence-corrected chi connectivity index (χ2v) is 5.65. The molecule has 2 aromatic rings. The molecule has 0 amide bonds. The van der Waals surface area contributed by atoms with Crippen molar-refractivity contribution in [3.05, 3.63) is 52.0 Å². The van der Waals surface area contributed by atoms with E-state index in [9.17, 15) is 0 Å². The molecule has 2 rings (SSSR count). The van der Waals surface area contributed by atoms with Gasteiger partial charge in [0.25, 0.3) is 0 Å². The SMILES string of the molecule is CCCNCc1cc(-c2ccc(Cl)c(Cl)c2)ccc1OC. The van der Waals surface area contributed by atoms with E-state index in [4.69, 9.17) is 27.9 Å². The maximum atomic E-state index is 6.10. The lowest BCUT2D eigenvalue weighted by Crippen LogP contribution is -2.14. The Bertz CT molecular complexity index is 614. The van der Waals surface area contributed by atoms with Gasteiger partial charge in [-0.25, -0.2) is 0 Å². The van der Waals surface area contributed by atoms with Crippen LogP contribution in [-0.4, -0.2) is 13.7 Å². The molecule has 2 nitrogen and oxygen atoms in total. The number of methoxy groups -OCH3 is 1. The van der Waals surface area contributed by atoms with Gasteiger partial charge in [0.1, 0.15) is 5.75 Å². The van der Waals surface area contributed by atoms with Crippen LogP contribution in [0.3, 0.4) is 0 Å². The van der Waals surface area contributed by atoms with E-state index >= 15 is 0 Å². The topological polar surface area (TPSA) is 21.3 Å². The van der Waals surface area contributed by atoms with Crippen molar-refractivity contribution in [2.24, 2.45) is 0 Å². The summed E-state index contributed by atoms with van der Waals surface area (Å²) in [6, 6.07) is 11.8. The molecule has 0 heterocycles. The molecule has 4 heteroatoms. The highest BCUT2D eigenvalue weighted by atomic mass is 35.5. The molecule has 1 N–H and O–H groups in total. The Kier molecular flexibility index (Phi) is 5.92. The van der Waals surface area contributed by atoms with Crippen molar-refractivity contribution in [1.82, 2.24) is 5.32 Å². The van der Waals surface area contributed by atoms with Gasteiger partial charge in [0.2, 0.25) is 0 Å². The number of hydrogen-bond donors (Lipinski definition) is 1. The summed E-state index contributed by atoms with van der Waals surface area (Å²) in [5, 5.41) is 4.53. The monoisotopic (exact) mass is 323 g/mol. The third-order valence-electron chi connectivity index (χ3n) is 3.28. The van der Waals surface area contributed by atoms with Crippen LogP contribution in [0.1, 0.15) is 18.9 Å². The molecule has 0 aliphatic rings. The van der Waals surface area contributed by atoms with Crippen molar-refractivity contribution in [1.29, 1.82) is 0 Å². The van der Waals surface area contributed by atoms with Crippen LogP contribution < -0.4 is 10.1 Å². The normalized spacial score (nSPS) is 10.7. The lowest BCUT2D eigenvalue weighted by molar-refractivity contribution is 0.408. The summed E-state index contributed by atoms with van der Waals surface area (Å²) in [7, 11) is 1.69. The first kappa shape index (κ1) is 16.2. The van der Waals surface area contributed by atoms with E-state index in [0.29, 0.717) is 10.0 Å². The second kappa shape index (κ2) is 7.69. The fraction of sp³-hybridized carbons (Fsp3) is 0.294. The summed E-state index contributed by atoms with van der Waals surface area (Å²) in [5.41, 5.74) is 3.28. The van der Waals surface area contributed by atoms with Gasteiger partial charge < -0.3 is 10.1 Å². The van der Waals surface area contributed by atoms with Crippen LogP contribution in [0.25, 0.3) is 11.1 Å². The third-order valence-corrected chi connectivity index (χ3v) is 4.01. The smallest absolute Gasteiger partial charge is 0.123 e. The fourth-order valence-corrected chi connectivity index (χ4v) is 2.47. The Labute approximate surface area is 136 Å². The Morgan fingerprint density at radius 3 is 2.38 bits per heavy atom. The predicted molar refractivity (Wildman–Crippen MR) is 90.4 cm³/mol. The number of nitrogens with one attached hydrogen (secondary N) is 1. The van der Waals surface area contributed by atoms with Crippen LogP contribution in [0.4, 0.5) is 0 Å². The zero-order chi connectivity index (χ0) is 15.2. The first-order valence-corrected chi connectivity index (χ1v) is 7.74. The van der Waals surface area contributed by atoms with Crippen LogP contribution in [-0.2, 0) is 6.54 Å². The summed E-state index contributed by atoms with van der Waals surface area (Å²) >= 11 is 12.1. The molecule has 0 aliphatic carbocycles. The Morgan fingerprint density at radius 1 is 1.00 bits per heavy atom. The van der Waals surface area contributed by atoms with E-state index in [0.717, 1.165) is 42.0 Å². The minimum absolute atomic E-state index is 0.565. The summed E-state index contributed by atoms with van der Waals surface area (Å²) in [6.07, 6.45) is 1.11. The van der Waals surface area contributed by atoms with Crippen molar-refractivity contribution >= 4 is 23.2 Å². The standard InChI is InChI=1S/C17H19Cl2NO/c1-3-8-20-11-14-9-12(5-7-17(14)21-2)13-4-6-15(18)16(19)10-13/h4-7,9-10,20H,3,8,11H2,1-2H3. The maximum Gasteiger partial charge on any atom is 0.123 e. The van der Waals surface area contributed by atoms with E-state index in [1.54, 1.807) is 7.11 Å². The molecule has 0 aliphatic heterocycles. The highest BCUT2D eigenvalue weighted by Crippen LogP contribution is 2.31. The van der Waals surface area contributed by atoms with Crippen LogP contribution in [0, 0.1) is 0 Å². The molecule has 0 saturated heterocycles. The largest absolute Gasteiger partial charge is 0.496 e. The van der Waals surface area contributed by atoms with Gasteiger partial charge in [0.15, 0.2) is 0 Å². The van der Waals surface area contributed by atoms with Crippen LogP contribution in [0.5, 0.6) is 5.75 Å². The summed E-state index contributed by atoms with van der Waals surface area (Å²) in [6.45, 7) is 3.92. The summed E-state index contributed by atoms with van der Waals surface area (Å²) < 4.78 is 5.42. The van der Waals surface area contributed by atoms with E-state index in [1.165, 1.54) is 0 Å². The minimum atomic E-state index is 0.565. The highest BCUT2D eigenvalue weighted by Gasteiger charge is 2.07. The Balaban J connectivity index is 2.31. The zero-order valence-electron chi connectivity index (χ0n) is 12.2. The van der Waals surface area contributed by atoms with Gasteiger partial charge in [-0.05, 0) is 48.4 Å². The van der Waals surface area contributed by atoms with E-state index in [-0.39, 0.29) is 0 Å². The van der Waals surface area contributed by atoms with Crippen molar-refractivity contribution < 1.29 is 4.74 Å². The molecule has 112 valence electrons. The van der Waals surface area contributed by atoms with Gasteiger partial charge >= 0.3 is 0 Å². The van der Waals surface area contributed by atoms with E-state index in [1.807, 2.05) is 30.3 Å². The van der Waals surface area contributed by atoms with Crippen LogP contribution in [0.2, 0.25) is 10.0 Å². The van der Waals surface area contributed by atoms with Gasteiger partial charge in [0, 0.05) is 12.1 Å². The predicted octanol–water partition coefficient (Wildman–Crippen LogP) is 5.17. The van der Waals surface area contributed by atoms with Crippen molar-refractivity contribution in [2.45, 2.75) is 19.9 Å². The van der Waals surface area contributed by atoms with Crippen LogP contribution in [0.15, 0.2) is 36.4 Å². The molecule has 0 radical (unpaired) electrons. The molecule has 0 aromatic heterocycles. The Morgan fingerprint density at radius 2 is 1.71 bits per heavy atom. The van der Waals surface area contributed by atoms with Crippen molar-refractivity contribution in [3.63, 3.8) is 0 Å². The molecule has 0 unspecified atom stereocenters. The molecule has 0 atom stereocenters. The molecule has 2 aromatic carbocycles. The highest BCUT2D eigenvalue weighted by molar-refractivity contribution is 6.42. The first-order chi connectivity index (χ1) is 10.2. The minimum Gasteiger partial charge on any atom is -0.496 e. The number of benzene rings is 2. The molecule has 0 spiro atoms. The number of ether oxygens (including phenoxy) is 1. The summed E-state index contributed by atoms with van der Waals surface area (Å²) in [5.74, 6) is 0.891. The molecular formula is C17H19Cl2NO. The Hall–Kier alpha value is -1.22. The first-order valence-electron chi connectivity index (χ1n) is 6.98. The van der Waals surface area contributed by atoms with Gasteiger partial charge in [-0.15, -0.1) is 0 Å². The quantitative estimate of drug-likeness (QED) is 0.740. The fourth-order valence-electron chi connectivity index (χ4n) is 2.17. The molecular weight excluding hydrogens is 305 g/mol. The van der Waals surface area contributed by atoms with Gasteiger partial charge in [-0.1, -0.05) is 42.3 Å². The van der Waals surface area contributed by atoms with Crippen molar-refractivity contribution in [3.8, 4) is 16.9 Å². The van der Waals surface area contributed by atoms with Crippen molar-refractivity contribution in [2.75, 3.05) is 13.7 Å². The number of halogens is 2. The average Bonchev–Trinajstić information content (AvgIpc) is 2.50. The maximum absolute atomic E-state index is 6.10. The lowest BCUT2D eigenvalue weighted by atomic mass is 10.0. The van der Waals surface area contributed by atoms with Gasteiger partial charge in [-0.2, -0.15) is 0 Å². The number of rotatable bonds is 6. The number of hydrogen-bond acceptors (Lipinski definition) is 2. The molecule has 0 fully saturated rings. The van der Waals surface area contributed by atoms with E-state index in [2.05, 4.69) is 18.3 Å². The third kappa shape index (κ3) is 4.13. The van der Waals surface area contributed by atoms with E-state index < -0.39 is 0 Å². The second-order valence-electron chi connectivity index (χ2n) is 4.83. The van der Waals surface area contributed by atoms with Crippen LogP contribution >= 0.6 is 23.2 Å². The molecule has 21 heavy (non-hydrogen) atoms. The average molecular weight is 324 g/mol. The summed E-state index contributed by atoms with van der Waals surface area (Å²) in [4.78, 5) is 0.